The Kier molecular flexibility index (Phi) is 3.81. The standard InChI is InChI=1S/C14H13N5S3/c1-8-2-6-10(7-3-8)15-12-17-18-14(20-12)21-13-16-11(19-22-13)9-4-5-9/h2-3,6-7,9H,4-5H2,1H3,(H,15,17). The Morgan fingerprint density at radius 3 is 2.73 bits per heavy atom. The zero-order valence-corrected chi connectivity index (χ0v) is 14.3. The van der Waals surface area contributed by atoms with E-state index in [1.165, 1.54) is 53.0 Å². The van der Waals surface area contributed by atoms with Crippen LogP contribution in [0.25, 0.3) is 0 Å². The van der Waals surface area contributed by atoms with Gasteiger partial charge in [0.15, 0.2) is 8.68 Å². The highest BCUT2D eigenvalue weighted by Crippen LogP contribution is 2.41. The van der Waals surface area contributed by atoms with Gasteiger partial charge >= 0.3 is 0 Å². The number of aromatic nitrogens is 4. The monoisotopic (exact) mass is 347 g/mol. The van der Waals surface area contributed by atoms with Crippen LogP contribution < -0.4 is 5.32 Å². The minimum Gasteiger partial charge on any atom is -0.330 e. The van der Waals surface area contributed by atoms with Crippen molar-refractivity contribution in [1.82, 2.24) is 19.6 Å². The summed E-state index contributed by atoms with van der Waals surface area (Å²) < 4.78 is 6.23. The molecule has 22 heavy (non-hydrogen) atoms. The summed E-state index contributed by atoms with van der Waals surface area (Å²) in [5.41, 5.74) is 2.26. The number of anilines is 2. The first-order chi connectivity index (χ1) is 10.8. The minimum absolute atomic E-state index is 0.596. The van der Waals surface area contributed by atoms with Crippen molar-refractivity contribution in [2.24, 2.45) is 0 Å². The van der Waals surface area contributed by atoms with Gasteiger partial charge in [0.1, 0.15) is 5.82 Å². The Balaban J connectivity index is 1.42. The summed E-state index contributed by atoms with van der Waals surface area (Å²) in [5.74, 6) is 1.59. The summed E-state index contributed by atoms with van der Waals surface area (Å²) in [5, 5.41) is 12.4. The number of hydrogen-bond acceptors (Lipinski definition) is 8. The van der Waals surface area contributed by atoms with Crippen molar-refractivity contribution >= 4 is 45.5 Å². The van der Waals surface area contributed by atoms with Crippen LogP contribution in [0, 0.1) is 6.92 Å². The SMILES string of the molecule is Cc1ccc(Nc2nnc(Sc3nc(C4CC4)ns3)s2)cc1. The fourth-order valence-corrected chi connectivity index (χ4v) is 4.57. The fourth-order valence-electron chi connectivity index (χ4n) is 1.91. The number of rotatable bonds is 5. The normalized spacial score (nSPS) is 14.2. The highest BCUT2D eigenvalue weighted by atomic mass is 32.2. The maximum absolute atomic E-state index is 4.56. The molecule has 8 heteroatoms. The molecule has 1 saturated carbocycles. The van der Waals surface area contributed by atoms with Crippen LogP contribution in [0.5, 0.6) is 0 Å². The van der Waals surface area contributed by atoms with E-state index in [4.69, 9.17) is 0 Å². The van der Waals surface area contributed by atoms with Gasteiger partial charge < -0.3 is 5.32 Å². The molecule has 0 bridgehead atoms. The largest absolute Gasteiger partial charge is 0.330 e. The second-order valence-corrected chi connectivity index (χ2v) is 8.38. The summed E-state index contributed by atoms with van der Waals surface area (Å²) in [7, 11) is 0. The van der Waals surface area contributed by atoms with Crippen molar-refractivity contribution in [2.75, 3.05) is 5.32 Å². The quantitative estimate of drug-likeness (QED) is 0.734. The maximum Gasteiger partial charge on any atom is 0.210 e. The molecule has 0 spiro atoms. The summed E-state index contributed by atoms with van der Waals surface area (Å²) >= 11 is 4.51. The lowest BCUT2D eigenvalue weighted by atomic mass is 10.2. The lowest BCUT2D eigenvalue weighted by Crippen LogP contribution is -1.88. The molecular weight excluding hydrogens is 334 g/mol. The van der Waals surface area contributed by atoms with Gasteiger partial charge in [0.2, 0.25) is 5.13 Å². The highest BCUT2D eigenvalue weighted by molar-refractivity contribution is 8.02. The van der Waals surface area contributed by atoms with Crippen LogP contribution in [0.4, 0.5) is 10.8 Å². The van der Waals surface area contributed by atoms with E-state index in [2.05, 4.69) is 43.9 Å². The molecule has 2 heterocycles. The van der Waals surface area contributed by atoms with Crippen LogP contribution in [0.1, 0.15) is 30.1 Å². The average Bonchev–Trinajstić information content (AvgIpc) is 3.11. The third-order valence-corrected chi connectivity index (χ3v) is 5.90. The molecule has 0 atom stereocenters. The average molecular weight is 347 g/mol. The number of nitrogens with zero attached hydrogens (tertiary/aromatic N) is 4. The summed E-state index contributed by atoms with van der Waals surface area (Å²) in [6, 6.07) is 8.21. The lowest BCUT2D eigenvalue weighted by molar-refractivity contribution is 0.956. The predicted molar refractivity (Wildman–Crippen MR) is 90.4 cm³/mol. The molecule has 0 aliphatic heterocycles. The highest BCUT2D eigenvalue weighted by Gasteiger charge is 2.28. The molecule has 112 valence electrons. The molecule has 0 unspecified atom stereocenters. The van der Waals surface area contributed by atoms with E-state index in [1.807, 2.05) is 12.1 Å². The first-order valence-corrected chi connectivity index (χ1v) is 9.35. The third-order valence-electron chi connectivity index (χ3n) is 3.25. The number of aryl methyl sites for hydroxylation is 1. The molecule has 1 aromatic carbocycles. The first kappa shape index (κ1) is 14.1. The van der Waals surface area contributed by atoms with E-state index in [0.717, 1.165) is 25.3 Å². The minimum atomic E-state index is 0.596. The van der Waals surface area contributed by atoms with E-state index in [0.29, 0.717) is 5.92 Å². The second kappa shape index (κ2) is 5.94. The van der Waals surface area contributed by atoms with Gasteiger partial charge in [-0.2, -0.15) is 4.37 Å². The molecule has 0 saturated heterocycles. The third kappa shape index (κ3) is 3.29. The summed E-state index contributed by atoms with van der Waals surface area (Å²) in [6.07, 6.45) is 2.45. The lowest BCUT2D eigenvalue weighted by Gasteiger charge is -2.01. The van der Waals surface area contributed by atoms with Gasteiger partial charge in [-0.25, -0.2) is 4.98 Å². The van der Waals surface area contributed by atoms with Crippen molar-refractivity contribution in [2.45, 2.75) is 34.4 Å². The molecule has 1 N–H and O–H groups in total. The van der Waals surface area contributed by atoms with Gasteiger partial charge in [-0.3, -0.25) is 0 Å². The predicted octanol–water partition coefficient (Wildman–Crippen LogP) is 4.47. The van der Waals surface area contributed by atoms with Gasteiger partial charge in [0.05, 0.1) is 0 Å². The molecule has 0 radical (unpaired) electrons. The Labute approximate surface area is 140 Å². The molecule has 5 nitrogen and oxygen atoms in total. The van der Waals surface area contributed by atoms with Crippen LogP contribution in [-0.4, -0.2) is 19.6 Å². The molecular formula is C14H13N5S3. The molecule has 1 aliphatic rings. The van der Waals surface area contributed by atoms with E-state index in [9.17, 15) is 0 Å². The van der Waals surface area contributed by atoms with Crippen molar-refractivity contribution in [3.63, 3.8) is 0 Å². The summed E-state index contributed by atoms with van der Waals surface area (Å²) in [6.45, 7) is 2.07. The topological polar surface area (TPSA) is 63.6 Å². The smallest absolute Gasteiger partial charge is 0.210 e. The van der Waals surface area contributed by atoms with Crippen molar-refractivity contribution in [3.8, 4) is 0 Å². The van der Waals surface area contributed by atoms with E-state index in [1.54, 1.807) is 0 Å². The van der Waals surface area contributed by atoms with Crippen LogP contribution in [-0.2, 0) is 0 Å². The molecule has 1 fully saturated rings. The van der Waals surface area contributed by atoms with Gasteiger partial charge in [-0.05, 0) is 55.2 Å². The van der Waals surface area contributed by atoms with Gasteiger partial charge in [-0.1, -0.05) is 29.0 Å². The van der Waals surface area contributed by atoms with Crippen molar-refractivity contribution in [3.05, 3.63) is 35.7 Å². The van der Waals surface area contributed by atoms with Crippen molar-refractivity contribution < 1.29 is 0 Å². The van der Waals surface area contributed by atoms with Crippen LogP contribution >= 0.6 is 34.6 Å². The zero-order valence-electron chi connectivity index (χ0n) is 11.8. The Bertz CT molecular complexity index is 776. The molecule has 3 aromatic rings. The zero-order chi connectivity index (χ0) is 14.9. The number of benzene rings is 1. The van der Waals surface area contributed by atoms with E-state index in [-0.39, 0.29) is 0 Å². The molecule has 1 aliphatic carbocycles. The van der Waals surface area contributed by atoms with Crippen molar-refractivity contribution in [1.29, 1.82) is 0 Å². The van der Waals surface area contributed by atoms with E-state index >= 15 is 0 Å². The van der Waals surface area contributed by atoms with Crippen LogP contribution in [0.15, 0.2) is 32.9 Å². The Morgan fingerprint density at radius 2 is 1.95 bits per heavy atom. The molecule has 2 aromatic heterocycles. The Hall–Kier alpha value is -1.51. The fraction of sp³-hybridized carbons (Fsp3) is 0.286. The second-order valence-electron chi connectivity index (χ2n) is 5.16. The van der Waals surface area contributed by atoms with Crippen LogP contribution in [0.3, 0.4) is 0 Å². The number of nitrogens with one attached hydrogen (secondary N) is 1. The Morgan fingerprint density at radius 1 is 1.14 bits per heavy atom. The van der Waals surface area contributed by atoms with Gasteiger partial charge in [0, 0.05) is 11.6 Å². The first-order valence-electron chi connectivity index (χ1n) is 6.95. The molecule has 0 amide bonds. The maximum atomic E-state index is 4.56. The van der Waals surface area contributed by atoms with Crippen LogP contribution in [0.2, 0.25) is 0 Å². The van der Waals surface area contributed by atoms with Gasteiger partial charge in [0.25, 0.3) is 0 Å². The summed E-state index contributed by atoms with van der Waals surface area (Å²) in [4.78, 5) is 4.56. The van der Waals surface area contributed by atoms with Gasteiger partial charge in [-0.15, -0.1) is 10.2 Å². The molecule has 4 rings (SSSR count). The van der Waals surface area contributed by atoms with E-state index < -0.39 is 0 Å². The number of hydrogen-bond donors (Lipinski definition) is 1.